The number of nitrogens with zero attached hydrogens (tertiary/aromatic N) is 1. The highest BCUT2D eigenvalue weighted by molar-refractivity contribution is 6.52. The van der Waals surface area contributed by atoms with Gasteiger partial charge in [0.25, 0.3) is 0 Å². The molecule has 0 amide bonds. The fourth-order valence-electron chi connectivity index (χ4n) is 2.56. The van der Waals surface area contributed by atoms with Gasteiger partial charge in [-0.15, -0.1) is 0 Å². The van der Waals surface area contributed by atoms with Gasteiger partial charge in [0, 0.05) is 22.8 Å². The number of aryl methyl sites for hydroxylation is 1. The minimum Gasteiger partial charge on any atom is -0.397 e. The van der Waals surface area contributed by atoms with Gasteiger partial charge in [0.15, 0.2) is 0 Å². The van der Waals surface area contributed by atoms with Crippen molar-refractivity contribution in [2.45, 2.75) is 13.5 Å². The number of para-hydroxylation sites is 1. The number of fused-ring (bicyclic) bond motifs is 3. The van der Waals surface area contributed by atoms with Crippen LogP contribution in [-0.4, -0.2) is 4.57 Å². The van der Waals surface area contributed by atoms with Crippen molar-refractivity contribution in [3.05, 3.63) is 39.3 Å². The van der Waals surface area contributed by atoms with Crippen molar-refractivity contribution in [1.29, 1.82) is 0 Å². The molecule has 1 heterocycles. The second-order valence-electron chi connectivity index (χ2n) is 4.34. The van der Waals surface area contributed by atoms with E-state index in [4.69, 9.17) is 40.5 Å². The molecule has 0 atom stereocenters. The highest BCUT2D eigenvalue weighted by Gasteiger charge is 2.20. The lowest BCUT2D eigenvalue weighted by Crippen LogP contribution is -1.96. The number of benzene rings is 2. The SMILES string of the molecule is CCn1c2ccccc2c2c(N)c(Cl)c(Cl)c(Cl)c21. The number of nitrogens with two attached hydrogens (primary N) is 1. The zero-order valence-electron chi connectivity index (χ0n) is 10.2. The van der Waals surface area contributed by atoms with Crippen LogP contribution in [0.2, 0.25) is 15.1 Å². The van der Waals surface area contributed by atoms with E-state index in [1.807, 2.05) is 24.3 Å². The number of hydrogen-bond acceptors (Lipinski definition) is 1. The van der Waals surface area contributed by atoms with E-state index in [1.54, 1.807) is 0 Å². The van der Waals surface area contributed by atoms with Crippen molar-refractivity contribution in [3.8, 4) is 0 Å². The fourth-order valence-corrected chi connectivity index (χ4v) is 3.28. The first-order valence-corrected chi connectivity index (χ1v) is 7.04. The molecule has 0 saturated heterocycles. The van der Waals surface area contributed by atoms with Crippen molar-refractivity contribution < 1.29 is 0 Å². The zero-order valence-corrected chi connectivity index (χ0v) is 12.4. The molecule has 3 rings (SSSR count). The van der Waals surface area contributed by atoms with Gasteiger partial charge in [0.05, 0.1) is 26.3 Å². The second kappa shape index (κ2) is 4.48. The van der Waals surface area contributed by atoms with Crippen LogP contribution in [0, 0.1) is 0 Å². The molecule has 2 N–H and O–H groups in total. The van der Waals surface area contributed by atoms with Crippen LogP contribution >= 0.6 is 34.8 Å². The average molecular weight is 314 g/mol. The van der Waals surface area contributed by atoms with Gasteiger partial charge in [-0.1, -0.05) is 53.0 Å². The Morgan fingerprint density at radius 1 is 1.05 bits per heavy atom. The third-order valence-corrected chi connectivity index (χ3v) is 4.72. The lowest BCUT2D eigenvalue weighted by molar-refractivity contribution is 0.827. The Hall–Kier alpha value is -1.09. The molecule has 2 aromatic carbocycles. The Bertz CT molecular complexity index is 806. The van der Waals surface area contributed by atoms with Gasteiger partial charge in [-0.25, -0.2) is 0 Å². The lowest BCUT2D eigenvalue weighted by atomic mass is 10.1. The predicted octanol–water partition coefficient (Wildman–Crippen LogP) is 5.36. The molecule has 3 aromatic rings. The van der Waals surface area contributed by atoms with Crippen LogP contribution in [0.3, 0.4) is 0 Å². The van der Waals surface area contributed by atoms with Crippen molar-refractivity contribution in [3.63, 3.8) is 0 Å². The van der Waals surface area contributed by atoms with Gasteiger partial charge in [-0.3, -0.25) is 0 Å². The number of nitrogen functional groups attached to an aromatic ring is 1. The Morgan fingerprint density at radius 2 is 1.74 bits per heavy atom. The van der Waals surface area contributed by atoms with E-state index in [2.05, 4.69) is 11.5 Å². The first kappa shape index (κ1) is 12.9. The lowest BCUT2D eigenvalue weighted by Gasteiger charge is -2.09. The van der Waals surface area contributed by atoms with E-state index < -0.39 is 0 Å². The minimum atomic E-state index is 0.311. The van der Waals surface area contributed by atoms with Crippen LogP contribution in [0.15, 0.2) is 24.3 Å². The molecule has 0 bridgehead atoms. The highest BCUT2D eigenvalue weighted by atomic mass is 35.5. The largest absolute Gasteiger partial charge is 0.397 e. The standard InChI is InChI=1S/C14H11Cl3N2/c1-2-19-8-6-4-3-5-7(8)9-13(18)11(16)10(15)12(17)14(9)19/h3-6H,2,18H2,1H3. The smallest absolute Gasteiger partial charge is 0.0852 e. The molecule has 98 valence electrons. The van der Waals surface area contributed by atoms with Crippen molar-refractivity contribution in [2.75, 3.05) is 5.73 Å². The Morgan fingerprint density at radius 3 is 2.42 bits per heavy atom. The maximum Gasteiger partial charge on any atom is 0.0852 e. The summed E-state index contributed by atoms with van der Waals surface area (Å²) in [7, 11) is 0. The summed E-state index contributed by atoms with van der Waals surface area (Å²) < 4.78 is 2.10. The summed E-state index contributed by atoms with van der Waals surface area (Å²) in [5.41, 5.74) is 8.54. The van der Waals surface area contributed by atoms with Crippen LogP contribution < -0.4 is 5.73 Å². The molecule has 0 unspecified atom stereocenters. The summed E-state index contributed by atoms with van der Waals surface area (Å²) in [6.07, 6.45) is 0. The quantitative estimate of drug-likeness (QED) is 0.476. The van der Waals surface area contributed by atoms with E-state index in [9.17, 15) is 0 Å². The van der Waals surface area contributed by atoms with Gasteiger partial charge >= 0.3 is 0 Å². The van der Waals surface area contributed by atoms with Gasteiger partial charge in [0.1, 0.15) is 0 Å². The van der Waals surface area contributed by atoms with E-state index >= 15 is 0 Å². The van der Waals surface area contributed by atoms with Gasteiger partial charge < -0.3 is 10.3 Å². The molecule has 0 aliphatic rings. The normalized spacial score (nSPS) is 11.6. The van der Waals surface area contributed by atoms with Crippen LogP contribution in [-0.2, 0) is 6.54 Å². The van der Waals surface area contributed by atoms with Gasteiger partial charge in [-0.05, 0) is 13.0 Å². The molecule has 1 aromatic heterocycles. The van der Waals surface area contributed by atoms with E-state index in [0.717, 1.165) is 28.4 Å². The highest BCUT2D eigenvalue weighted by Crippen LogP contribution is 2.45. The number of rotatable bonds is 1. The van der Waals surface area contributed by atoms with Crippen LogP contribution in [0.5, 0.6) is 0 Å². The molecule has 0 saturated carbocycles. The van der Waals surface area contributed by atoms with Gasteiger partial charge in [0.2, 0.25) is 0 Å². The molecule has 0 fully saturated rings. The summed E-state index contributed by atoms with van der Waals surface area (Å²) >= 11 is 18.7. The molecule has 0 radical (unpaired) electrons. The van der Waals surface area contributed by atoms with Gasteiger partial charge in [-0.2, -0.15) is 0 Å². The second-order valence-corrected chi connectivity index (χ2v) is 5.47. The number of aromatic nitrogens is 1. The van der Waals surface area contributed by atoms with E-state index in [-0.39, 0.29) is 0 Å². The zero-order chi connectivity index (χ0) is 13.7. The number of hydrogen-bond donors (Lipinski definition) is 1. The summed E-state index contributed by atoms with van der Waals surface area (Å²) in [6.45, 7) is 2.84. The molecule has 0 spiro atoms. The van der Waals surface area contributed by atoms with Crippen LogP contribution in [0.1, 0.15) is 6.92 Å². The molecular weight excluding hydrogens is 303 g/mol. The maximum atomic E-state index is 6.37. The predicted molar refractivity (Wildman–Crippen MR) is 84.6 cm³/mol. The third-order valence-electron chi connectivity index (χ3n) is 3.39. The summed E-state index contributed by atoms with van der Waals surface area (Å²) in [6, 6.07) is 8.01. The monoisotopic (exact) mass is 312 g/mol. The summed E-state index contributed by atoms with van der Waals surface area (Å²) in [4.78, 5) is 0. The Labute approximate surface area is 125 Å². The summed E-state index contributed by atoms with van der Waals surface area (Å²) in [5, 5.41) is 2.99. The van der Waals surface area contributed by atoms with Crippen LogP contribution in [0.4, 0.5) is 5.69 Å². The molecule has 0 aliphatic carbocycles. The third kappa shape index (κ3) is 1.64. The molecule has 5 heteroatoms. The van der Waals surface area contributed by atoms with E-state index in [1.165, 1.54) is 0 Å². The first-order valence-electron chi connectivity index (χ1n) is 5.90. The topological polar surface area (TPSA) is 30.9 Å². The van der Waals surface area contributed by atoms with Crippen LogP contribution in [0.25, 0.3) is 21.8 Å². The van der Waals surface area contributed by atoms with Crippen molar-refractivity contribution in [2.24, 2.45) is 0 Å². The molecule has 19 heavy (non-hydrogen) atoms. The molecule has 0 aliphatic heterocycles. The van der Waals surface area contributed by atoms with Crippen molar-refractivity contribution in [1.82, 2.24) is 4.57 Å². The Balaban J connectivity index is 2.71. The molecule has 2 nitrogen and oxygen atoms in total. The first-order chi connectivity index (χ1) is 9.07. The maximum absolute atomic E-state index is 6.37. The molecular formula is C14H11Cl3N2. The Kier molecular flexibility index (Phi) is 3.05. The van der Waals surface area contributed by atoms with Crippen molar-refractivity contribution >= 4 is 62.3 Å². The summed E-state index contributed by atoms with van der Waals surface area (Å²) in [5.74, 6) is 0. The number of anilines is 1. The van der Waals surface area contributed by atoms with E-state index in [0.29, 0.717) is 20.8 Å². The minimum absolute atomic E-state index is 0.311. The number of halogens is 3. The average Bonchev–Trinajstić information content (AvgIpc) is 2.77. The fraction of sp³-hybridized carbons (Fsp3) is 0.143.